The van der Waals surface area contributed by atoms with Crippen molar-refractivity contribution < 1.29 is 13.9 Å². The maximum Gasteiger partial charge on any atom is 0.268 e. The number of nitrogens with two attached hydrogens (primary N) is 1. The third-order valence-electron chi connectivity index (χ3n) is 3.49. The predicted octanol–water partition coefficient (Wildman–Crippen LogP) is 2.92. The first-order chi connectivity index (χ1) is 9.62. The van der Waals surface area contributed by atoms with Gasteiger partial charge in [-0.25, -0.2) is 5.84 Å². The largest absolute Gasteiger partial charge is 0.463 e. The monoisotopic (exact) mass is 282 g/mol. The Labute approximate surface area is 120 Å². The van der Waals surface area contributed by atoms with E-state index in [1.165, 1.54) is 19.3 Å². The molecule has 0 bridgehead atoms. The van der Waals surface area contributed by atoms with Crippen molar-refractivity contribution in [2.75, 3.05) is 6.61 Å². The van der Waals surface area contributed by atoms with Gasteiger partial charge < -0.3 is 9.15 Å². The van der Waals surface area contributed by atoms with E-state index in [2.05, 4.69) is 19.3 Å². The fourth-order valence-electron chi connectivity index (χ4n) is 2.14. The van der Waals surface area contributed by atoms with Crippen LogP contribution in [-0.4, -0.2) is 12.5 Å². The molecule has 1 atom stereocenters. The highest BCUT2D eigenvalue weighted by Gasteiger charge is 2.14. The van der Waals surface area contributed by atoms with Gasteiger partial charge in [0, 0.05) is 6.61 Å². The van der Waals surface area contributed by atoms with Crippen LogP contribution in [-0.2, 0) is 11.3 Å². The Balaban J connectivity index is 2.43. The molecule has 3 N–H and O–H groups in total. The molecular formula is C15H26N2O3. The molecule has 1 aromatic rings. The molecule has 0 aromatic carbocycles. The number of hydrogen-bond acceptors (Lipinski definition) is 4. The SMILES string of the molecule is CCCCC(CC)COCc1cc(C(=O)NN)c(C)o1. The molecule has 0 saturated heterocycles. The van der Waals surface area contributed by atoms with E-state index in [9.17, 15) is 4.79 Å². The van der Waals surface area contributed by atoms with Gasteiger partial charge >= 0.3 is 0 Å². The fourth-order valence-corrected chi connectivity index (χ4v) is 2.14. The third kappa shape index (κ3) is 4.98. The first kappa shape index (κ1) is 16.7. The van der Waals surface area contributed by atoms with Crippen molar-refractivity contribution >= 4 is 5.91 Å². The Morgan fingerprint density at radius 2 is 2.25 bits per heavy atom. The number of furan rings is 1. The molecule has 5 heteroatoms. The quantitative estimate of drug-likeness (QED) is 0.415. The smallest absolute Gasteiger partial charge is 0.268 e. The summed E-state index contributed by atoms with van der Waals surface area (Å²) in [5.74, 6) is 6.59. The summed E-state index contributed by atoms with van der Waals surface area (Å²) >= 11 is 0. The van der Waals surface area contributed by atoms with Gasteiger partial charge in [0.25, 0.3) is 5.91 Å². The van der Waals surface area contributed by atoms with E-state index in [0.29, 0.717) is 29.6 Å². The van der Waals surface area contributed by atoms with Gasteiger partial charge in [-0.15, -0.1) is 0 Å². The van der Waals surface area contributed by atoms with Crippen LogP contribution in [0.4, 0.5) is 0 Å². The normalized spacial score (nSPS) is 12.4. The highest BCUT2D eigenvalue weighted by Crippen LogP contribution is 2.17. The summed E-state index contributed by atoms with van der Waals surface area (Å²) in [6.45, 7) is 7.24. The third-order valence-corrected chi connectivity index (χ3v) is 3.49. The Kier molecular flexibility index (Phi) is 7.33. The lowest BCUT2D eigenvalue weighted by atomic mass is 10.0. The number of unbranched alkanes of at least 4 members (excludes halogenated alkanes) is 1. The van der Waals surface area contributed by atoms with Crippen LogP contribution in [0.1, 0.15) is 61.4 Å². The summed E-state index contributed by atoms with van der Waals surface area (Å²) in [6, 6.07) is 1.69. The molecule has 1 heterocycles. The highest BCUT2D eigenvalue weighted by molar-refractivity contribution is 5.94. The lowest BCUT2D eigenvalue weighted by Gasteiger charge is -2.13. The van der Waals surface area contributed by atoms with Crippen LogP contribution >= 0.6 is 0 Å². The number of carbonyl (C=O) groups excluding carboxylic acids is 1. The number of carbonyl (C=O) groups is 1. The highest BCUT2D eigenvalue weighted by atomic mass is 16.5. The van der Waals surface area contributed by atoms with Crippen LogP contribution in [0.2, 0.25) is 0 Å². The van der Waals surface area contributed by atoms with E-state index in [1.807, 2.05) is 0 Å². The number of hydrogen-bond donors (Lipinski definition) is 2. The molecule has 0 aliphatic carbocycles. The van der Waals surface area contributed by atoms with Gasteiger partial charge in [-0.2, -0.15) is 0 Å². The van der Waals surface area contributed by atoms with Gasteiger partial charge in [0.05, 0.1) is 5.56 Å². The van der Waals surface area contributed by atoms with Gasteiger partial charge in [0.2, 0.25) is 0 Å². The standard InChI is InChI=1S/C15H26N2O3/c1-4-6-7-12(5-2)9-19-10-13-8-14(11(3)20-13)15(18)17-16/h8,12H,4-7,9-10,16H2,1-3H3,(H,17,18). The number of amides is 1. The Morgan fingerprint density at radius 3 is 2.85 bits per heavy atom. The zero-order valence-electron chi connectivity index (χ0n) is 12.7. The molecule has 20 heavy (non-hydrogen) atoms. The second-order valence-corrected chi connectivity index (χ2v) is 5.09. The minimum absolute atomic E-state index is 0.341. The maximum atomic E-state index is 11.5. The first-order valence-corrected chi connectivity index (χ1v) is 7.30. The molecular weight excluding hydrogens is 256 g/mol. The topological polar surface area (TPSA) is 77.5 Å². The molecule has 0 saturated carbocycles. The van der Waals surface area contributed by atoms with Crippen LogP contribution in [0.5, 0.6) is 0 Å². The molecule has 0 fully saturated rings. The maximum absolute atomic E-state index is 11.5. The number of nitrogen functional groups attached to an aromatic ring is 1. The second-order valence-electron chi connectivity index (χ2n) is 5.09. The summed E-state index contributed by atoms with van der Waals surface area (Å²) in [7, 11) is 0. The van der Waals surface area contributed by atoms with Crippen LogP contribution < -0.4 is 11.3 Å². The molecule has 114 valence electrons. The molecule has 0 spiro atoms. The number of nitrogens with one attached hydrogen (secondary N) is 1. The van der Waals surface area contributed by atoms with E-state index in [1.54, 1.807) is 13.0 Å². The molecule has 5 nitrogen and oxygen atoms in total. The van der Waals surface area contributed by atoms with Crippen molar-refractivity contribution in [2.24, 2.45) is 11.8 Å². The average Bonchev–Trinajstić information content (AvgIpc) is 2.82. The van der Waals surface area contributed by atoms with Gasteiger partial charge in [-0.05, 0) is 25.3 Å². The zero-order valence-corrected chi connectivity index (χ0v) is 12.7. The van der Waals surface area contributed by atoms with E-state index in [-0.39, 0.29) is 5.91 Å². The molecule has 1 amide bonds. The number of ether oxygens (including phenoxy) is 1. The number of rotatable bonds is 9. The Bertz CT molecular complexity index is 415. The van der Waals surface area contributed by atoms with E-state index >= 15 is 0 Å². The van der Waals surface area contributed by atoms with Gasteiger partial charge in [0.1, 0.15) is 18.1 Å². The van der Waals surface area contributed by atoms with Gasteiger partial charge in [-0.3, -0.25) is 10.2 Å². The Hall–Kier alpha value is -1.33. The van der Waals surface area contributed by atoms with Crippen LogP contribution in [0.15, 0.2) is 10.5 Å². The molecule has 1 unspecified atom stereocenters. The fraction of sp³-hybridized carbons (Fsp3) is 0.667. The minimum Gasteiger partial charge on any atom is -0.463 e. The molecule has 0 aliphatic rings. The summed E-state index contributed by atoms with van der Waals surface area (Å²) in [4.78, 5) is 11.5. The average molecular weight is 282 g/mol. The van der Waals surface area contributed by atoms with Crippen LogP contribution in [0, 0.1) is 12.8 Å². The summed E-state index contributed by atoms with van der Waals surface area (Å²) in [6.07, 6.45) is 4.77. The summed E-state index contributed by atoms with van der Waals surface area (Å²) in [5.41, 5.74) is 2.56. The van der Waals surface area contributed by atoms with Crippen LogP contribution in [0.3, 0.4) is 0 Å². The van der Waals surface area contributed by atoms with E-state index in [4.69, 9.17) is 15.0 Å². The van der Waals surface area contributed by atoms with Gasteiger partial charge in [-0.1, -0.05) is 33.1 Å². The van der Waals surface area contributed by atoms with Crippen LogP contribution in [0.25, 0.3) is 0 Å². The second kappa shape index (κ2) is 8.76. The summed E-state index contributed by atoms with van der Waals surface area (Å²) in [5, 5.41) is 0. The van der Waals surface area contributed by atoms with Crippen molar-refractivity contribution in [2.45, 2.75) is 53.1 Å². The molecule has 1 rings (SSSR count). The lowest BCUT2D eigenvalue weighted by Crippen LogP contribution is -2.30. The molecule has 0 aliphatic heterocycles. The predicted molar refractivity (Wildman–Crippen MR) is 78.1 cm³/mol. The van der Waals surface area contributed by atoms with Crippen molar-refractivity contribution in [3.05, 3.63) is 23.2 Å². The zero-order chi connectivity index (χ0) is 15.0. The van der Waals surface area contributed by atoms with Crippen molar-refractivity contribution in [3.63, 3.8) is 0 Å². The number of aryl methyl sites for hydroxylation is 1. The number of hydrazine groups is 1. The lowest BCUT2D eigenvalue weighted by molar-refractivity contribution is 0.0705. The summed E-state index contributed by atoms with van der Waals surface area (Å²) < 4.78 is 11.2. The van der Waals surface area contributed by atoms with E-state index < -0.39 is 0 Å². The van der Waals surface area contributed by atoms with Crippen molar-refractivity contribution in [1.29, 1.82) is 0 Å². The first-order valence-electron chi connectivity index (χ1n) is 7.30. The van der Waals surface area contributed by atoms with E-state index in [0.717, 1.165) is 13.0 Å². The Morgan fingerprint density at radius 1 is 1.50 bits per heavy atom. The van der Waals surface area contributed by atoms with Crippen molar-refractivity contribution in [3.8, 4) is 0 Å². The van der Waals surface area contributed by atoms with Crippen molar-refractivity contribution in [1.82, 2.24) is 5.43 Å². The molecule has 0 radical (unpaired) electrons. The minimum atomic E-state index is -0.341. The molecule has 1 aromatic heterocycles. The van der Waals surface area contributed by atoms with Gasteiger partial charge in [0.15, 0.2) is 0 Å².